The summed E-state index contributed by atoms with van der Waals surface area (Å²) in [5.74, 6) is 0.717. The second-order valence-corrected chi connectivity index (χ2v) is 4.65. The van der Waals surface area contributed by atoms with Crippen LogP contribution in [0.5, 0.6) is 5.75 Å². The Morgan fingerprint density at radius 2 is 2.10 bits per heavy atom. The molecule has 2 aromatic rings. The van der Waals surface area contributed by atoms with Crippen molar-refractivity contribution in [1.29, 1.82) is 0 Å². The summed E-state index contributed by atoms with van der Waals surface area (Å²) in [5.41, 5.74) is 3.05. The van der Waals surface area contributed by atoms with Gasteiger partial charge in [-0.05, 0) is 32.9 Å². The zero-order valence-electron chi connectivity index (χ0n) is 11.9. The van der Waals surface area contributed by atoms with E-state index in [1.807, 2.05) is 45.0 Å². The zero-order chi connectivity index (χ0) is 14.7. The largest absolute Gasteiger partial charge is 0.493 e. The first-order chi connectivity index (χ1) is 9.49. The molecule has 0 aliphatic rings. The van der Waals surface area contributed by atoms with Crippen LogP contribution in [0, 0.1) is 20.8 Å². The fraction of sp³-hybridized carbons (Fsp3) is 0.333. The van der Waals surface area contributed by atoms with E-state index in [1.165, 1.54) is 0 Å². The van der Waals surface area contributed by atoms with Crippen molar-refractivity contribution in [1.82, 2.24) is 9.55 Å². The third-order valence-electron chi connectivity index (χ3n) is 3.17. The van der Waals surface area contributed by atoms with Gasteiger partial charge in [0.25, 0.3) is 0 Å². The predicted molar refractivity (Wildman–Crippen MR) is 75.5 cm³/mol. The normalized spacial score (nSPS) is 10.6. The van der Waals surface area contributed by atoms with Gasteiger partial charge < -0.3 is 14.4 Å². The van der Waals surface area contributed by atoms with Gasteiger partial charge in [-0.15, -0.1) is 0 Å². The molecular formula is C15H18N2O3. The lowest BCUT2D eigenvalue weighted by Gasteiger charge is -2.10. The minimum Gasteiger partial charge on any atom is -0.493 e. The van der Waals surface area contributed by atoms with E-state index >= 15 is 0 Å². The molecule has 106 valence electrons. The highest BCUT2D eigenvalue weighted by molar-refractivity contribution is 5.66. The van der Waals surface area contributed by atoms with E-state index in [4.69, 9.17) is 9.84 Å². The summed E-state index contributed by atoms with van der Waals surface area (Å²) in [6, 6.07) is 7.58. The van der Waals surface area contributed by atoms with Gasteiger partial charge in [0.05, 0.1) is 24.4 Å². The Labute approximate surface area is 117 Å². The Bertz CT molecular complexity index is 632. The first-order valence-electron chi connectivity index (χ1n) is 6.46. The van der Waals surface area contributed by atoms with Crippen LogP contribution in [0.2, 0.25) is 0 Å². The maximum absolute atomic E-state index is 10.5. The fourth-order valence-corrected chi connectivity index (χ4v) is 2.13. The molecule has 5 nitrogen and oxygen atoms in total. The maximum atomic E-state index is 10.5. The van der Waals surface area contributed by atoms with Gasteiger partial charge in [-0.25, -0.2) is 4.98 Å². The molecule has 1 aromatic carbocycles. The number of aromatic nitrogens is 2. The van der Waals surface area contributed by atoms with Gasteiger partial charge in [-0.3, -0.25) is 4.79 Å². The highest BCUT2D eigenvalue weighted by Gasteiger charge is 2.09. The van der Waals surface area contributed by atoms with Crippen LogP contribution in [0.1, 0.15) is 23.6 Å². The number of carboxylic acid groups (broad SMARTS) is 1. The molecule has 0 aliphatic heterocycles. The molecule has 0 fully saturated rings. The lowest BCUT2D eigenvalue weighted by atomic mass is 10.2. The van der Waals surface area contributed by atoms with Crippen molar-refractivity contribution >= 4 is 5.97 Å². The molecular weight excluding hydrogens is 256 g/mol. The van der Waals surface area contributed by atoms with Crippen LogP contribution in [-0.2, 0) is 4.79 Å². The van der Waals surface area contributed by atoms with Crippen LogP contribution < -0.4 is 4.74 Å². The van der Waals surface area contributed by atoms with Gasteiger partial charge in [0.1, 0.15) is 11.6 Å². The number of carbonyl (C=O) groups is 1. The van der Waals surface area contributed by atoms with Gasteiger partial charge >= 0.3 is 5.97 Å². The lowest BCUT2D eigenvalue weighted by molar-refractivity contribution is -0.137. The van der Waals surface area contributed by atoms with Gasteiger partial charge in [0.15, 0.2) is 0 Å². The predicted octanol–water partition coefficient (Wildman–Crippen LogP) is 2.65. The molecule has 0 aliphatic carbocycles. The molecule has 1 heterocycles. The Morgan fingerprint density at radius 1 is 1.35 bits per heavy atom. The van der Waals surface area contributed by atoms with E-state index in [2.05, 4.69) is 9.55 Å². The van der Waals surface area contributed by atoms with Crippen LogP contribution >= 0.6 is 0 Å². The smallest absolute Gasteiger partial charge is 0.306 e. The first-order valence-corrected chi connectivity index (χ1v) is 6.46. The standard InChI is InChI=1S/C15H18N2O3/c1-10-11(2)17(12(3)16-10)13-5-4-6-14(9-13)20-8-7-15(18)19/h4-6,9H,7-8H2,1-3H3,(H,18,19). The molecule has 0 radical (unpaired) electrons. The van der Waals surface area contributed by atoms with Crippen molar-refractivity contribution in [2.75, 3.05) is 6.61 Å². The van der Waals surface area contributed by atoms with E-state index in [1.54, 1.807) is 0 Å². The topological polar surface area (TPSA) is 64.4 Å². The van der Waals surface area contributed by atoms with E-state index in [0.717, 1.165) is 22.9 Å². The molecule has 0 spiro atoms. The Hall–Kier alpha value is -2.30. The molecule has 1 N–H and O–H groups in total. The SMILES string of the molecule is Cc1nc(C)n(-c2cccc(OCCC(=O)O)c2)c1C. The molecule has 1 aromatic heterocycles. The number of benzene rings is 1. The highest BCUT2D eigenvalue weighted by atomic mass is 16.5. The van der Waals surface area contributed by atoms with E-state index < -0.39 is 5.97 Å². The van der Waals surface area contributed by atoms with Crippen molar-refractivity contribution in [2.24, 2.45) is 0 Å². The fourth-order valence-electron chi connectivity index (χ4n) is 2.13. The number of rotatable bonds is 5. The summed E-state index contributed by atoms with van der Waals surface area (Å²) in [4.78, 5) is 14.9. The van der Waals surface area contributed by atoms with Crippen molar-refractivity contribution in [2.45, 2.75) is 27.2 Å². The van der Waals surface area contributed by atoms with E-state index in [0.29, 0.717) is 5.75 Å². The highest BCUT2D eigenvalue weighted by Crippen LogP contribution is 2.21. The Morgan fingerprint density at radius 3 is 2.70 bits per heavy atom. The summed E-state index contributed by atoms with van der Waals surface area (Å²) < 4.78 is 7.51. The van der Waals surface area contributed by atoms with Gasteiger partial charge in [0.2, 0.25) is 0 Å². The summed E-state index contributed by atoms with van der Waals surface area (Å²) in [6.45, 7) is 6.12. The first kappa shape index (κ1) is 14.1. The van der Waals surface area contributed by atoms with E-state index in [-0.39, 0.29) is 13.0 Å². The Kier molecular flexibility index (Phi) is 4.08. The number of hydrogen-bond acceptors (Lipinski definition) is 3. The molecule has 0 saturated carbocycles. The molecule has 20 heavy (non-hydrogen) atoms. The number of hydrogen-bond donors (Lipinski definition) is 1. The minimum absolute atomic E-state index is 0.00747. The van der Waals surface area contributed by atoms with Gasteiger partial charge in [-0.2, -0.15) is 0 Å². The van der Waals surface area contributed by atoms with Crippen LogP contribution in [0.4, 0.5) is 0 Å². The number of nitrogens with zero attached hydrogens (tertiary/aromatic N) is 2. The molecule has 0 amide bonds. The van der Waals surface area contributed by atoms with Crippen LogP contribution in [-0.4, -0.2) is 27.2 Å². The third kappa shape index (κ3) is 2.99. The Balaban J connectivity index is 2.23. The monoisotopic (exact) mass is 274 g/mol. The summed E-state index contributed by atoms with van der Waals surface area (Å²) in [5, 5.41) is 8.61. The molecule has 0 unspecified atom stereocenters. The zero-order valence-corrected chi connectivity index (χ0v) is 11.9. The molecule has 0 atom stereocenters. The van der Waals surface area contributed by atoms with Crippen LogP contribution in [0.15, 0.2) is 24.3 Å². The number of aryl methyl sites for hydroxylation is 2. The maximum Gasteiger partial charge on any atom is 0.306 e. The molecule has 0 bridgehead atoms. The lowest BCUT2D eigenvalue weighted by Crippen LogP contribution is -2.05. The average Bonchev–Trinajstić information content (AvgIpc) is 2.63. The number of carboxylic acids is 1. The summed E-state index contributed by atoms with van der Waals surface area (Å²) in [7, 11) is 0. The molecule has 5 heteroatoms. The number of aliphatic carboxylic acids is 1. The van der Waals surface area contributed by atoms with Crippen LogP contribution in [0.25, 0.3) is 5.69 Å². The number of imidazole rings is 1. The summed E-state index contributed by atoms with van der Waals surface area (Å²) in [6.07, 6.45) is -0.00747. The second kappa shape index (κ2) is 5.77. The molecule has 0 saturated heterocycles. The average molecular weight is 274 g/mol. The van der Waals surface area contributed by atoms with E-state index in [9.17, 15) is 4.79 Å². The third-order valence-corrected chi connectivity index (χ3v) is 3.17. The summed E-state index contributed by atoms with van der Waals surface area (Å²) >= 11 is 0. The van der Waals surface area contributed by atoms with Gasteiger partial charge in [0, 0.05) is 11.8 Å². The molecule has 2 rings (SSSR count). The number of ether oxygens (including phenoxy) is 1. The van der Waals surface area contributed by atoms with Crippen molar-refractivity contribution < 1.29 is 14.6 Å². The van der Waals surface area contributed by atoms with Crippen molar-refractivity contribution in [3.05, 3.63) is 41.5 Å². The quantitative estimate of drug-likeness (QED) is 0.910. The second-order valence-electron chi connectivity index (χ2n) is 4.65. The van der Waals surface area contributed by atoms with Crippen molar-refractivity contribution in [3.8, 4) is 11.4 Å². The minimum atomic E-state index is -0.863. The van der Waals surface area contributed by atoms with Gasteiger partial charge in [-0.1, -0.05) is 6.07 Å². The van der Waals surface area contributed by atoms with Crippen LogP contribution in [0.3, 0.4) is 0 Å². The van der Waals surface area contributed by atoms with Crippen molar-refractivity contribution in [3.63, 3.8) is 0 Å².